The lowest BCUT2D eigenvalue weighted by molar-refractivity contribution is 0.0994. The number of H-pyrrole nitrogens is 2. The zero-order chi connectivity index (χ0) is 31.5. The average molecular weight is 613 g/mol. The maximum atomic E-state index is 13.3. The molecule has 4 N–H and O–H groups in total. The molecule has 0 fully saturated rings. The van der Waals surface area contributed by atoms with Crippen molar-refractivity contribution in [1.29, 1.82) is 0 Å². The van der Waals surface area contributed by atoms with Gasteiger partial charge in [0.05, 0.1) is 27.4 Å². The number of allylic oxidation sites excluding steroid dienone is 1. The Morgan fingerprint density at radius 1 is 0.864 bits per heavy atom. The van der Waals surface area contributed by atoms with Gasteiger partial charge in [-0.05, 0) is 80.4 Å². The van der Waals surface area contributed by atoms with Gasteiger partial charge in [-0.25, -0.2) is 0 Å². The number of aromatic nitrogens is 4. The number of aromatic amines is 2. The van der Waals surface area contributed by atoms with Gasteiger partial charge in [-0.3, -0.25) is 18.9 Å². The van der Waals surface area contributed by atoms with Crippen molar-refractivity contribution in [3.63, 3.8) is 0 Å². The van der Waals surface area contributed by atoms with E-state index in [1.54, 1.807) is 26.0 Å². The number of hydrogen-bond acceptors (Lipinski definition) is 8. The minimum absolute atomic E-state index is 0.0938. The zero-order valence-electron chi connectivity index (χ0n) is 23.5. The van der Waals surface area contributed by atoms with Gasteiger partial charge in [0, 0.05) is 10.8 Å². The van der Waals surface area contributed by atoms with Crippen LogP contribution in [0.4, 0.5) is 5.69 Å². The number of anilines is 1. The Morgan fingerprint density at radius 3 is 2.18 bits per heavy atom. The summed E-state index contributed by atoms with van der Waals surface area (Å²) in [5.74, 6) is -0.568. The van der Waals surface area contributed by atoms with Crippen LogP contribution in [-0.4, -0.2) is 43.7 Å². The molecule has 13 nitrogen and oxygen atoms in total. The minimum Gasteiger partial charge on any atom is -0.494 e. The van der Waals surface area contributed by atoms with Crippen molar-refractivity contribution in [2.24, 2.45) is 5.10 Å². The number of pyridine rings is 2. The highest BCUT2D eigenvalue weighted by Gasteiger charge is 2.28. The van der Waals surface area contributed by atoms with Crippen LogP contribution in [0.25, 0.3) is 29.2 Å². The summed E-state index contributed by atoms with van der Waals surface area (Å²) >= 11 is 0. The molecule has 1 aromatic heterocycles. The van der Waals surface area contributed by atoms with Crippen LogP contribution in [0.5, 0.6) is 5.88 Å². The zero-order valence-corrected chi connectivity index (χ0v) is 24.3. The standard InChI is InChI=1S/C30H24N6O7S/c1-15-7-9-18(10-8-15)35-29(39)23-16(2)21(27(37)31-25(23)33-35)5-4-6-22-17(3)24-26(32-28(22)38)34-36(30(24)40)19-11-13-20(14-12-19)44(41,42)43/h4-14H,1-3H3,(H,31,33,37)(H2,32,34,38)(H,41,42,43)/b6-4+,21-5-. The molecule has 2 aromatic carbocycles. The number of nitrogens with zero attached hydrogens (tertiary/aromatic N) is 4. The van der Waals surface area contributed by atoms with E-state index < -0.39 is 21.2 Å². The third kappa shape index (κ3) is 4.71. The predicted octanol–water partition coefficient (Wildman–Crippen LogP) is 1.92. The summed E-state index contributed by atoms with van der Waals surface area (Å²) in [6, 6.07) is 12.2. The monoisotopic (exact) mass is 612 g/mol. The van der Waals surface area contributed by atoms with Crippen molar-refractivity contribution in [2.45, 2.75) is 25.7 Å². The van der Waals surface area contributed by atoms with E-state index in [2.05, 4.69) is 20.2 Å². The fourth-order valence-electron chi connectivity index (χ4n) is 5.07. The first-order valence-corrected chi connectivity index (χ1v) is 14.6. The topological polar surface area (TPSA) is 191 Å². The summed E-state index contributed by atoms with van der Waals surface area (Å²) < 4.78 is 33.0. The molecule has 0 saturated heterocycles. The summed E-state index contributed by atoms with van der Waals surface area (Å²) in [6.07, 6.45) is 4.52. The van der Waals surface area contributed by atoms with E-state index >= 15 is 0 Å². The molecule has 0 bridgehead atoms. The van der Waals surface area contributed by atoms with Crippen LogP contribution in [0.1, 0.15) is 32.6 Å². The van der Waals surface area contributed by atoms with Crippen LogP contribution in [0.2, 0.25) is 0 Å². The first-order chi connectivity index (χ1) is 20.8. The molecule has 0 aliphatic carbocycles. The highest BCUT2D eigenvalue weighted by atomic mass is 32.2. The molecule has 0 spiro atoms. The largest absolute Gasteiger partial charge is 0.494 e. The summed E-state index contributed by atoms with van der Waals surface area (Å²) in [5.41, 5.74) is 2.55. The second kappa shape index (κ2) is 10.3. The predicted molar refractivity (Wildman–Crippen MR) is 161 cm³/mol. The molecular weight excluding hydrogens is 588 g/mol. The molecule has 0 unspecified atom stereocenters. The van der Waals surface area contributed by atoms with E-state index in [9.17, 15) is 32.5 Å². The highest BCUT2D eigenvalue weighted by Crippen LogP contribution is 2.30. The number of aromatic hydroxyl groups is 1. The third-order valence-corrected chi connectivity index (χ3v) is 8.26. The highest BCUT2D eigenvalue weighted by molar-refractivity contribution is 7.85. The van der Waals surface area contributed by atoms with Crippen molar-refractivity contribution in [3.8, 4) is 23.0 Å². The Morgan fingerprint density at radius 2 is 1.52 bits per heavy atom. The first-order valence-electron chi connectivity index (χ1n) is 13.2. The maximum Gasteiger partial charge on any atom is 0.294 e. The second-order valence-electron chi connectivity index (χ2n) is 10.2. The van der Waals surface area contributed by atoms with Crippen molar-refractivity contribution in [2.75, 3.05) is 5.01 Å². The van der Waals surface area contributed by atoms with Gasteiger partial charge in [0.25, 0.3) is 27.1 Å². The Bertz CT molecular complexity index is 2350. The number of benzene rings is 2. The number of hydrogen-bond donors (Lipinski definition) is 4. The van der Waals surface area contributed by atoms with Gasteiger partial charge in [-0.2, -0.15) is 18.1 Å². The molecule has 0 saturated carbocycles. The number of nitrogens with one attached hydrogen (secondary N) is 2. The van der Waals surface area contributed by atoms with E-state index in [1.807, 2.05) is 19.1 Å². The van der Waals surface area contributed by atoms with Gasteiger partial charge in [-0.1, -0.05) is 23.8 Å². The molecule has 3 aliphatic heterocycles. The molecular formula is C30H24N6O7S. The van der Waals surface area contributed by atoms with Crippen LogP contribution in [0.3, 0.4) is 0 Å². The number of carbonyl (C=O) groups excluding carboxylic acids is 1. The van der Waals surface area contributed by atoms with Crippen LogP contribution < -0.4 is 26.8 Å². The first kappa shape index (κ1) is 28.5. The number of amides is 1. The van der Waals surface area contributed by atoms with Gasteiger partial charge >= 0.3 is 0 Å². The van der Waals surface area contributed by atoms with E-state index in [-0.39, 0.29) is 55.6 Å². The van der Waals surface area contributed by atoms with Gasteiger partial charge in [0.15, 0.2) is 17.2 Å². The van der Waals surface area contributed by atoms with Crippen molar-refractivity contribution in [1.82, 2.24) is 19.7 Å². The van der Waals surface area contributed by atoms with Crippen LogP contribution in [0.15, 0.2) is 74.2 Å². The summed E-state index contributed by atoms with van der Waals surface area (Å²) in [5, 5.41) is 20.7. The summed E-state index contributed by atoms with van der Waals surface area (Å²) in [7, 11) is -4.41. The van der Waals surface area contributed by atoms with Crippen LogP contribution >= 0.6 is 0 Å². The minimum atomic E-state index is -4.41. The maximum absolute atomic E-state index is 13.3. The summed E-state index contributed by atoms with van der Waals surface area (Å²) in [4.78, 5) is 44.5. The fourth-order valence-corrected chi connectivity index (χ4v) is 5.55. The number of rotatable bonds is 5. The molecule has 3 aromatic rings. The fraction of sp³-hybridized carbons (Fsp3) is 0.100. The molecule has 0 atom stereocenters. The molecule has 3 aliphatic rings. The molecule has 14 heteroatoms. The molecule has 222 valence electrons. The van der Waals surface area contributed by atoms with Crippen LogP contribution in [0, 0.1) is 20.8 Å². The number of fused-ring (bicyclic) bond motifs is 2. The van der Waals surface area contributed by atoms with E-state index in [0.717, 1.165) is 22.4 Å². The Balaban J connectivity index is 1.37. The number of carbonyl (C=O) groups is 1. The molecule has 4 heterocycles. The molecule has 44 heavy (non-hydrogen) atoms. The lowest BCUT2D eigenvalue weighted by atomic mass is 10.0. The normalized spacial score (nSPS) is 13.7. The SMILES string of the molecule is Cc1ccc(N2N=c3[nH]c(=O)/c(=C\C=C\c4c(O)[nH]c5nn(-c6ccc(S(=O)(=O)O)cc6)c(=O)c-5c4C)c(C)c3C2=O)cc1. The average Bonchev–Trinajstić information content (AvgIpc) is 3.48. The lowest BCUT2D eigenvalue weighted by Gasteiger charge is -2.12. The smallest absolute Gasteiger partial charge is 0.294 e. The number of aryl methyl sites for hydroxylation is 1. The Kier molecular flexibility index (Phi) is 6.67. The second-order valence-corrected chi connectivity index (χ2v) is 11.6. The quantitative estimate of drug-likeness (QED) is 0.216. The van der Waals surface area contributed by atoms with Crippen molar-refractivity contribution in [3.05, 3.63) is 114 Å². The van der Waals surface area contributed by atoms with Gasteiger partial charge in [0.1, 0.15) is 0 Å². The van der Waals surface area contributed by atoms with Crippen LogP contribution in [-0.2, 0) is 10.1 Å². The van der Waals surface area contributed by atoms with Crippen molar-refractivity contribution < 1.29 is 22.9 Å². The van der Waals surface area contributed by atoms with Crippen molar-refractivity contribution >= 4 is 33.9 Å². The van der Waals surface area contributed by atoms with Gasteiger partial charge in [0.2, 0.25) is 0 Å². The third-order valence-electron chi connectivity index (χ3n) is 7.40. The summed E-state index contributed by atoms with van der Waals surface area (Å²) in [6.45, 7) is 5.21. The van der Waals surface area contributed by atoms with Gasteiger partial charge in [-0.15, -0.1) is 10.2 Å². The Labute approximate surface area is 248 Å². The van der Waals surface area contributed by atoms with E-state index in [1.165, 1.54) is 35.4 Å². The lowest BCUT2D eigenvalue weighted by Crippen LogP contribution is -2.38. The van der Waals surface area contributed by atoms with E-state index in [4.69, 9.17) is 0 Å². The van der Waals surface area contributed by atoms with Gasteiger partial charge < -0.3 is 15.1 Å². The van der Waals surface area contributed by atoms with E-state index in [0.29, 0.717) is 16.8 Å². The molecule has 6 rings (SSSR count). The Hall–Kier alpha value is -5.60. The molecule has 1 amide bonds. The molecule has 0 radical (unpaired) electrons.